The first-order valence-electron chi connectivity index (χ1n) is 4.94. The molecule has 0 amide bonds. The molecule has 0 saturated heterocycles. The second kappa shape index (κ2) is 2.95. The molecule has 0 saturated carbocycles. The Morgan fingerprint density at radius 2 is 2.12 bits per heavy atom. The van der Waals surface area contributed by atoms with Gasteiger partial charge in [0.05, 0.1) is 5.52 Å². The average Bonchev–Trinajstić information content (AvgIpc) is 2.56. The van der Waals surface area contributed by atoms with E-state index in [-0.39, 0.29) is 11.4 Å². The fourth-order valence-corrected chi connectivity index (χ4v) is 2.18. The lowest BCUT2D eigenvalue weighted by molar-refractivity contribution is 0.640. The molecule has 1 N–H and O–H groups in total. The highest BCUT2D eigenvalue weighted by atomic mass is 19.1. The number of pyridine rings is 1. The van der Waals surface area contributed by atoms with Gasteiger partial charge in [-0.3, -0.25) is 4.79 Å². The van der Waals surface area contributed by atoms with Crippen molar-refractivity contribution in [3.8, 4) is 0 Å². The Morgan fingerprint density at radius 1 is 1.31 bits per heavy atom. The van der Waals surface area contributed by atoms with Crippen LogP contribution in [0.15, 0.2) is 35.3 Å². The van der Waals surface area contributed by atoms with Gasteiger partial charge in [-0.15, -0.1) is 0 Å². The van der Waals surface area contributed by atoms with Gasteiger partial charge >= 0.3 is 0 Å². The number of benzene rings is 1. The van der Waals surface area contributed by atoms with Crippen molar-refractivity contribution in [2.24, 2.45) is 7.05 Å². The maximum Gasteiger partial charge on any atom is 0.272 e. The van der Waals surface area contributed by atoms with Crippen LogP contribution in [0, 0.1) is 5.82 Å². The van der Waals surface area contributed by atoms with Crippen molar-refractivity contribution >= 4 is 21.8 Å². The number of halogens is 1. The minimum absolute atomic E-state index is 0.199. The molecule has 0 unspecified atom stereocenters. The van der Waals surface area contributed by atoms with Crippen molar-refractivity contribution in [3.63, 3.8) is 0 Å². The van der Waals surface area contributed by atoms with E-state index in [1.165, 1.54) is 12.3 Å². The van der Waals surface area contributed by atoms with Gasteiger partial charge in [-0.05, 0) is 18.2 Å². The lowest BCUT2D eigenvalue weighted by Gasteiger charge is -1.95. The molecule has 0 aliphatic carbocycles. The van der Waals surface area contributed by atoms with Crippen LogP contribution in [-0.2, 0) is 7.05 Å². The molecular formula is C12H9FN2O. The zero-order valence-electron chi connectivity index (χ0n) is 8.62. The predicted octanol–water partition coefficient (Wildman–Crippen LogP) is 2.16. The molecule has 0 aliphatic heterocycles. The van der Waals surface area contributed by atoms with E-state index in [1.807, 2.05) is 0 Å². The van der Waals surface area contributed by atoms with Crippen molar-refractivity contribution in [1.29, 1.82) is 0 Å². The summed E-state index contributed by atoms with van der Waals surface area (Å²) >= 11 is 0. The molecule has 2 aromatic heterocycles. The van der Waals surface area contributed by atoms with E-state index < -0.39 is 0 Å². The number of aromatic nitrogens is 2. The monoisotopic (exact) mass is 216 g/mol. The summed E-state index contributed by atoms with van der Waals surface area (Å²) in [5, 5.41) is 1.16. The topological polar surface area (TPSA) is 37.8 Å². The standard InChI is InChI=1S/C12H9FN2O/c1-15-9-4-2-3-8(13)10(9)7-5-6-14-12(16)11(7)15/h2-6H,1H3,(H,14,16). The fraction of sp³-hybridized carbons (Fsp3) is 0.0833. The summed E-state index contributed by atoms with van der Waals surface area (Å²) in [5.74, 6) is -0.297. The van der Waals surface area contributed by atoms with Gasteiger partial charge in [0, 0.05) is 24.0 Å². The van der Waals surface area contributed by atoms with Gasteiger partial charge in [0.15, 0.2) is 0 Å². The van der Waals surface area contributed by atoms with Gasteiger partial charge in [-0.1, -0.05) is 6.07 Å². The zero-order chi connectivity index (χ0) is 11.3. The number of aromatic amines is 1. The van der Waals surface area contributed by atoms with Crippen LogP contribution in [0.2, 0.25) is 0 Å². The van der Waals surface area contributed by atoms with E-state index >= 15 is 0 Å². The lowest BCUT2D eigenvalue weighted by atomic mass is 10.2. The molecule has 0 bridgehead atoms. The Hall–Kier alpha value is -2.10. The number of rotatable bonds is 0. The molecule has 0 fully saturated rings. The molecule has 3 aromatic rings. The first kappa shape index (κ1) is 9.15. The van der Waals surface area contributed by atoms with Crippen molar-refractivity contribution < 1.29 is 4.39 Å². The summed E-state index contributed by atoms with van der Waals surface area (Å²) in [6.07, 6.45) is 1.54. The molecule has 80 valence electrons. The SMILES string of the molecule is Cn1c2cccc(F)c2c2cc[nH]c(=O)c21. The van der Waals surface area contributed by atoms with Crippen LogP contribution in [-0.4, -0.2) is 9.55 Å². The summed E-state index contributed by atoms with van der Waals surface area (Å²) in [5.41, 5.74) is 1.03. The van der Waals surface area contributed by atoms with E-state index in [0.717, 1.165) is 5.52 Å². The maximum atomic E-state index is 13.7. The van der Waals surface area contributed by atoms with Crippen LogP contribution in [0.1, 0.15) is 0 Å². The lowest BCUT2D eigenvalue weighted by Crippen LogP contribution is -2.07. The molecular weight excluding hydrogens is 207 g/mol. The molecule has 0 spiro atoms. The number of fused-ring (bicyclic) bond motifs is 3. The van der Waals surface area contributed by atoms with Crippen LogP contribution in [0.5, 0.6) is 0 Å². The van der Waals surface area contributed by atoms with Gasteiger partial charge in [0.2, 0.25) is 0 Å². The van der Waals surface area contributed by atoms with E-state index in [0.29, 0.717) is 16.3 Å². The van der Waals surface area contributed by atoms with Crippen molar-refractivity contribution in [1.82, 2.24) is 9.55 Å². The van der Waals surface area contributed by atoms with E-state index in [1.54, 1.807) is 29.8 Å². The smallest absolute Gasteiger partial charge is 0.272 e. The van der Waals surface area contributed by atoms with E-state index in [2.05, 4.69) is 4.98 Å². The van der Waals surface area contributed by atoms with Gasteiger partial charge in [0.25, 0.3) is 5.56 Å². The van der Waals surface area contributed by atoms with E-state index in [9.17, 15) is 9.18 Å². The van der Waals surface area contributed by atoms with Gasteiger partial charge in [-0.25, -0.2) is 4.39 Å². The molecule has 2 heterocycles. The zero-order valence-corrected chi connectivity index (χ0v) is 8.62. The molecule has 0 atom stereocenters. The minimum Gasteiger partial charge on any atom is -0.339 e. The quantitative estimate of drug-likeness (QED) is 0.614. The Balaban J connectivity index is 2.77. The third kappa shape index (κ3) is 0.984. The third-order valence-electron chi connectivity index (χ3n) is 2.89. The third-order valence-corrected chi connectivity index (χ3v) is 2.89. The van der Waals surface area contributed by atoms with Gasteiger partial charge in [-0.2, -0.15) is 0 Å². The number of hydrogen-bond acceptors (Lipinski definition) is 1. The molecule has 3 nitrogen and oxygen atoms in total. The van der Waals surface area contributed by atoms with Gasteiger partial charge < -0.3 is 9.55 Å². The summed E-state index contributed by atoms with van der Waals surface area (Å²) in [6, 6.07) is 6.58. The van der Waals surface area contributed by atoms with Crippen LogP contribution >= 0.6 is 0 Å². The molecule has 3 rings (SSSR count). The second-order valence-corrected chi connectivity index (χ2v) is 3.76. The summed E-state index contributed by atoms with van der Waals surface area (Å²) in [4.78, 5) is 14.3. The molecule has 0 aliphatic rings. The van der Waals surface area contributed by atoms with E-state index in [4.69, 9.17) is 0 Å². The predicted molar refractivity (Wildman–Crippen MR) is 61.0 cm³/mol. The summed E-state index contributed by atoms with van der Waals surface area (Å²) in [7, 11) is 1.76. The maximum absolute atomic E-state index is 13.7. The van der Waals surface area contributed by atoms with Crippen LogP contribution in [0.4, 0.5) is 4.39 Å². The average molecular weight is 216 g/mol. The normalized spacial score (nSPS) is 11.4. The van der Waals surface area contributed by atoms with Crippen LogP contribution < -0.4 is 5.56 Å². The highest BCUT2D eigenvalue weighted by Crippen LogP contribution is 2.27. The Labute approximate surface area is 90.1 Å². The summed E-state index contributed by atoms with van der Waals surface area (Å²) in [6.45, 7) is 0. The van der Waals surface area contributed by atoms with Crippen LogP contribution in [0.3, 0.4) is 0 Å². The van der Waals surface area contributed by atoms with Crippen molar-refractivity contribution in [2.45, 2.75) is 0 Å². The summed E-state index contributed by atoms with van der Waals surface area (Å²) < 4.78 is 15.5. The molecule has 4 heteroatoms. The highest BCUT2D eigenvalue weighted by Gasteiger charge is 2.13. The molecule has 1 aromatic carbocycles. The van der Waals surface area contributed by atoms with Crippen molar-refractivity contribution in [3.05, 3.63) is 46.6 Å². The molecule has 16 heavy (non-hydrogen) atoms. The van der Waals surface area contributed by atoms with Crippen molar-refractivity contribution in [2.75, 3.05) is 0 Å². The first-order valence-corrected chi connectivity index (χ1v) is 4.94. The number of hydrogen-bond donors (Lipinski definition) is 1. The minimum atomic E-state index is -0.297. The first-order chi connectivity index (χ1) is 7.70. The second-order valence-electron chi connectivity index (χ2n) is 3.76. The number of nitrogens with zero attached hydrogens (tertiary/aromatic N) is 1. The van der Waals surface area contributed by atoms with Crippen LogP contribution in [0.25, 0.3) is 21.8 Å². The Kier molecular flexibility index (Phi) is 1.68. The highest BCUT2D eigenvalue weighted by molar-refractivity contribution is 6.07. The number of H-pyrrole nitrogens is 1. The van der Waals surface area contributed by atoms with Gasteiger partial charge in [0.1, 0.15) is 11.3 Å². The fourth-order valence-electron chi connectivity index (χ4n) is 2.18. The molecule has 0 radical (unpaired) electrons. The Bertz CT molecular complexity index is 755. The Morgan fingerprint density at radius 3 is 2.94 bits per heavy atom. The number of nitrogens with one attached hydrogen (secondary N) is 1. The number of aryl methyl sites for hydroxylation is 1. The largest absolute Gasteiger partial charge is 0.339 e.